The largest absolute Gasteiger partial charge is 0.489 e. The zero-order valence-electron chi connectivity index (χ0n) is 9.82. The number of hydrogen-bond donors (Lipinski definition) is 0. The average Bonchev–Trinajstić information content (AvgIpc) is 2.15. The molecule has 1 heterocycles. The molecule has 0 N–H and O–H groups in total. The van der Waals surface area contributed by atoms with Gasteiger partial charge in [0.2, 0.25) is 0 Å². The SMILES string of the molecule is CC1CC(C)CC(Oc2cncc(Br)c2)C1. The van der Waals surface area contributed by atoms with E-state index in [0.29, 0.717) is 6.10 Å². The summed E-state index contributed by atoms with van der Waals surface area (Å²) in [5, 5.41) is 0. The van der Waals surface area contributed by atoms with Crippen LogP contribution in [0.15, 0.2) is 22.9 Å². The molecule has 0 radical (unpaired) electrons. The lowest BCUT2D eigenvalue weighted by molar-refractivity contribution is 0.101. The fourth-order valence-corrected chi connectivity index (χ4v) is 2.96. The second-order valence-electron chi connectivity index (χ2n) is 5.00. The lowest BCUT2D eigenvalue weighted by Crippen LogP contribution is -2.28. The minimum absolute atomic E-state index is 0.356. The molecule has 2 unspecified atom stereocenters. The van der Waals surface area contributed by atoms with Crippen LogP contribution in [-0.2, 0) is 0 Å². The molecular formula is C13H18BrNO. The number of ether oxygens (including phenoxy) is 1. The predicted octanol–water partition coefficient (Wildman–Crippen LogP) is 4.05. The van der Waals surface area contributed by atoms with Gasteiger partial charge in [-0.05, 0) is 53.1 Å². The Balaban J connectivity index is 1.98. The molecule has 1 aromatic heterocycles. The minimum Gasteiger partial charge on any atom is -0.489 e. The van der Waals surface area contributed by atoms with Gasteiger partial charge in [0.25, 0.3) is 0 Å². The number of nitrogens with zero attached hydrogens (tertiary/aromatic N) is 1. The third kappa shape index (κ3) is 3.21. The molecule has 2 nitrogen and oxygen atoms in total. The van der Waals surface area contributed by atoms with Crippen LogP contribution in [0.1, 0.15) is 33.1 Å². The first-order valence-electron chi connectivity index (χ1n) is 5.90. The summed E-state index contributed by atoms with van der Waals surface area (Å²) in [6.07, 6.45) is 7.58. The van der Waals surface area contributed by atoms with E-state index in [1.807, 2.05) is 6.07 Å². The van der Waals surface area contributed by atoms with Crippen LogP contribution in [0.4, 0.5) is 0 Å². The van der Waals surface area contributed by atoms with E-state index in [1.165, 1.54) is 6.42 Å². The van der Waals surface area contributed by atoms with Gasteiger partial charge in [0, 0.05) is 10.7 Å². The molecule has 16 heavy (non-hydrogen) atoms. The number of pyridine rings is 1. The fraction of sp³-hybridized carbons (Fsp3) is 0.615. The summed E-state index contributed by atoms with van der Waals surface area (Å²) in [5.74, 6) is 2.42. The average molecular weight is 284 g/mol. The number of halogens is 1. The van der Waals surface area contributed by atoms with Gasteiger partial charge in [-0.15, -0.1) is 0 Å². The van der Waals surface area contributed by atoms with Crippen LogP contribution in [0.3, 0.4) is 0 Å². The van der Waals surface area contributed by atoms with Crippen LogP contribution in [0.2, 0.25) is 0 Å². The fourth-order valence-electron chi connectivity index (χ4n) is 2.62. The molecule has 0 spiro atoms. The van der Waals surface area contributed by atoms with Crippen LogP contribution >= 0.6 is 15.9 Å². The van der Waals surface area contributed by atoms with E-state index in [9.17, 15) is 0 Å². The highest BCUT2D eigenvalue weighted by Gasteiger charge is 2.25. The van der Waals surface area contributed by atoms with E-state index < -0.39 is 0 Å². The summed E-state index contributed by atoms with van der Waals surface area (Å²) in [6.45, 7) is 4.62. The lowest BCUT2D eigenvalue weighted by atomic mass is 9.82. The van der Waals surface area contributed by atoms with Gasteiger partial charge < -0.3 is 4.74 Å². The van der Waals surface area contributed by atoms with Crippen molar-refractivity contribution in [2.75, 3.05) is 0 Å². The quantitative estimate of drug-likeness (QED) is 0.817. The first-order valence-corrected chi connectivity index (χ1v) is 6.70. The van der Waals surface area contributed by atoms with Crippen LogP contribution in [-0.4, -0.2) is 11.1 Å². The highest BCUT2D eigenvalue weighted by molar-refractivity contribution is 9.10. The molecule has 1 aliphatic rings. The van der Waals surface area contributed by atoms with Crippen molar-refractivity contribution in [1.82, 2.24) is 4.98 Å². The zero-order chi connectivity index (χ0) is 11.5. The molecule has 0 bridgehead atoms. The summed E-state index contributed by atoms with van der Waals surface area (Å²) >= 11 is 3.41. The highest BCUT2D eigenvalue weighted by atomic mass is 79.9. The Morgan fingerprint density at radius 2 is 1.88 bits per heavy atom. The summed E-state index contributed by atoms with van der Waals surface area (Å²) in [4.78, 5) is 4.12. The van der Waals surface area contributed by atoms with Crippen molar-refractivity contribution in [3.63, 3.8) is 0 Å². The molecule has 1 fully saturated rings. The van der Waals surface area contributed by atoms with E-state index in [0.717, 1.165) is 34.9 Å². The maximum atomic E-state index is 5.98. The number of hydrogen-bond acceptors (Lipinski definition) is 2. The molecule has 1 aliphatic carbocycles. The Kier molecular flexibility index (Phi) is 3.85. The van der Waals surface area contributed by atoms with Gasteiger partial charge >= 0.3 is 0 Å². The minimum atomic E-state index is 0.356. The summed E-state index contributed by atoms with van der Waals surface area (Å²) in [5.41, 5.74) is 0. The summed E-state index contributed by atoms with van der Waals surface area (Å²) < 4.78 is 6.96. The van der Waals surface area contributed by atoms with Crippen molar-refractivity contribution in [3.8, 4) is 5.75 Å². The van der Waals surface area contributed by atoms with Crippen molar-refractivity contribution in [3.05, 3.63) is 22.9 Å². The number of aromatic nitrogens is 1. The normalized spacial score (nSPS) is 30.1. The molecule has 0 amide bonds. The Bertz CT molecular complexity index is 346. The Labute approximate surface area is 106 Å². The van der Waals surface area contributed by atoms with Crippen molar-refractivity contribution in [2.45, 2.75) is 39.2 Å². The second-order valence-corrected chi connectivity index (χ2v) is 5.91. The van der Waals surface area contributed by atoms with E-state index in [4.69, 9.17) is 4.74 Å². The number of rotatable bonds is 2. The molecule has 0 saturated heterocycles. The maximum absolute atomic E-state index is 5.98. The Morgan fingerprint density at radius 1 is 1.19 bits per heavy atom. The molecule has 3 heteroatoms. The smallest absolute Gasteiger partial charge is 0.139 e. The van der Waals surface area contributed by atoms with Gasteiger partial charge in [0.1, 0.15) is 5.75 Å². The summed E-state index contributed by atoms with van der Waals surface area (Å²) in [7, 11) is 0. The van der Waals surface area contributed by atoms with E-state index in [-0.39, 0.29) is 0 Å². The standard InChI is InChI=1S/C13H18BrNO/c1-9-3-10(2)5-12(4-9)16-13-6-11(14)7-15-8-13/h6-10,12H,3-5H2,1-2H3. The highest BCUT2D eigenvalue weighted by Crippen LogP contribution is 2.31. The lowest BCUT2D eigenvalue weighted by Gasteiger charge is -2.31. The predicted molar refractivity (Wildman–Crippen MR) is 68.5 cm³/mol. The third-order valence-corrected chi connectivity index (χ3v) is 3.55. The van der Waals surface area contributed by atoms with Crippen LogP contribution in [0.25, 0.3) is 0 Å². The molecule has 88 valence electrons. The van der Waals surface area contributed by atoms with Gasteiger partial charge in [-0.25, -0.2) is 0 Å². The van der Waals surface area contributed by atoms with Crippen molar-refractivity contribution >= 4 is 15.9 Å². The van der Waals surface area contributed by atoms with Crippen molar-refractivity contribution in [2.24, 2.45) is 11.8 Å². The molecule has 2 rings (SSSR count). The first-order chi connectivity index (χ1) is 7.63. The van der Waals surface area contributed by atoms with Crippen LogP contribution in [0.5, 0.6) is 5.75 Å². The van der Waals surface area contributed by atoms with Crippen molar-refractivity contribution in [1.29, 1.82) is 0 Å². The van der Waals surface area contributed by atoms with E-state index >= 15 is 0 Å². The van der Waals surface area contributed by atoms with Gasteiger partial charge in [0.05, 0.1) is 12.3 Å². The molecule has 2 atom stereocenters. The van der Waals surface area contributed by atoms with E-state index in [1.54, 1.807) is 12.4 Å². The molecule has 1 aromatic rings. The van der Waals surface area contributed by atoms with Gasteiger partial charge in [0.15, 0.2) is 0 Å². The van der Waals surface area contributed by atoms with Gasteiger partial charge in [-0.3, -0.25) is 4.98 Å². The molecule has 0 aromatic carbocycles. The molecular weight excluding hydrogens is 266 g/mol. The van der Waals surface area contributed by atoms with Crippen LogP contribution < -0.4 is 4.74 Å². The molecule has 0 aliphatic heterocycles. The Hall–Kier alpha value is -0.570. The van der Waals surface area contributed by atoms with E-state index in [2.05, 4.69) is 34.8 Å². The zero-order valence-corrected chi connectivity index (χ0v) is 11.4. The first kappa shape index (κ1) is 11.9. The van der Waals surface area contributed by atoms with Gasteiger partial charge in [-0.1, -0.05) is 13.8 Å². The molecule has 1 saturated carbocycles. The maximum Gasteiger partial charge on any atom is 0.139 e. The Morgan fingerprint density at radius 3 is 2.50 bits per heavy atom. The third-order valence-electron chi connectivity index (χ3n) is 3.12. The van der Waals surface area contributed by atoms with Crippen molar-refractivity contribution < 1.29 is 4.74 Å². The summed E-state index contributed by atoms with van der Waals surface area (Å²) in [6, 6.07) is 1.98. The van der Waals surface area contributed by atoms with Gasteiger partial charge in [-0.2, -0.15) is 0 Å². The topological polar surface area (TPSA) is 22.1 Å². The monoisotopic (exact) mass is 283 g/mol. The van der Waals surface area contributed by atoms with Crippen LogP contribution in [0, 0.1) is 11.8 Å². The second kappa shape index (κ2) is 5.17.